The van der Waals surface area contributed by atoms with Crippen LogP contribution in [0.5, 0.6) is 6.01 Å². The summed E-state index contributed by atoms with van der Waals surface area (Å²) in [5, 5.41) is 14.2. The fourth-order valence-corrected chi connectivity index (χ4v) is 4.41. The monoisotopic (exact) mass is 573 g/mol. The van der Waals surface area contributed by atoms with Gasteiger partial charge in [0.2, 0.25) is 6.79 Å². The number of benzene rings is 2. The van der Waals surface area contributed by atoms with Crippen LogP contribution in [0, 0.1) is 6.92 Å². The lowest BCUT2D eigenvalue weighted by Gasteiger charge is -2.18. The Balaban J connectivity index is 1.40. The first-order valence-corrected chi connectivity index (χ1v) is 13.3. The smallest absolute Gasteiger partial charge is 0.465 e. The summed E-state index contributed by atoms with van der Waals surface area (Å²) in [6.45, 7) is 9.16. The molecule has 3 heterocycles. The van der Waals surface area contributed by atoms with Crippen molar-refractivity contribution in [1.29, 1.82) is 0 Å². The molecule has 0 atom stereocenters. The third-order valence-corrected chi connectivity index (χ3v) is 6.08. The highest BCUT2D eigenvalue weighted by atomic mass is 16.8. The normalized spacial score (nSPS) is 11.5. The summed E-state index contributed by atoms with van der Waals surface area (Å²) in [6.07, 6.45) is 1.08. The zero-order chi connectivity index (χ0) is 29.9. The van der Waals surface area contributed by atoms with E-state index in [2.05, 4.69) is 25.6 Å². The number of tetrazole rings is 1. The molecule has 0 unspecified atom stereocenters. The van der Waals surface area contributed by atoms with Crippen molar-refractivity contribution in [3.05, 3.63) is 71.4 Å². The van der Waals surface area contributed by atoms with Gasteiger partial charge in [0.1, 0.15) is 5.60 Å². The number of ether oxygens (including phenoxy) is 4. The first kappa shape index (κ1) is 28.3. The molecule has 0 amide bonds. The molecule has 5 rings (SSSR count). The van der Waals surface area contributed by atoms with E-state index in [9.17, 15) is 9.59 Å². The van der Waals surface area contributed by atoms with Gasteiger partial charge >= 0.3 is 12.1 Å². The summed E-state index contributed by atoms with van der Waals surface area (Å²) in [5.74, 6) is -0.115. The topological polar surface area (TPSA) is 148 Å². The van der Waals surface area contributed by atoms with Gasteiger partial charge in [-0.3, -0.25) is 4.57 Å². The van der Waals surface area contributed by atoms with Gasteiger partial charge in [-0.25, -0.2) is 14.7 Å². The predicted molar refractivity (Wildman–Crippen MR) is 151 cm³/mol. The first-order valence-electron chi connectivity index (χ1n) is 13.3. The number of fused-ring (bicyclic) bond motifs is 1. The Morgan fingerprint density at radius 2 is 1.83 bits per heavy atom. The van der Waals surface area contributed by atoms with Crippen LogP contribution in [0.3, 0.4) is 0 Å². The third kappa shape index (κ3) is 6.24. The summed E-state index contributed by atoms with van der Waals surface area (Å²) in [4.78, 5) is 29.5. The van der Waals surface area contributed by atoms with Crippen LogP contribution in [-0.2, 0) is 20.8 Å². The van der Waals surface area contributed by atoms with Gasteiger partial charge in [-0.05, 0) is 86.5 Å². The van der Waals surface area contributed by atoms with Crippen LogP contribution in [0.25, 0.3) is 28.2 Å². The number of nitrogens with zero attached hydrogens (tertiary/aromatic N) is 6. The second kappa shape index (κ2) is 11.7. The lowest BCUT2D eigenvalue weighted by Crippen LogP contribution is -2.25. The molecule has 218 valence electrons. The van der Waals surface area contributed by atoms with Crippen molar-refractivity contribution in [1.82, 2.24) is 34.7 Å². The fraction of sp³-hybridized carbons (Fsp3) is 0.310. The van der Waals surface area contributed by atoms with Crippen molar-refractivity contribution in [3.8, 4) is 23.2 Å². The molecule has 13 nitrogen and oxygen atoms in total. The van der Waals surface area contributed by atoms with Gasteiger partial charge in [-0.2, -0.15) is 4.98 Å². The van der Waals surface area contributed by atoms with Gasteiger partial charge in [0.25, 0.3) is 6.01 Å². The molecule has 0 fully saturated rings. The molecule has 0 aliphatic rings. The van der Waals surface area contributed by atoms with E-state index in [-0.39, 0.29) is 5.56 Å². The van der Waals surface area contributed by atoms with Crippen LogP contribution in [0.1, 0.15) is 49.2 Å². The molecule has 42 heavy (non-hydrogen) atoms. The van der Waals surface area contributed by atoms with Gasteiger partial charge in [0.05, 0.1) is 35.4 Å². The molecule has 5 aromatic rings. The van der Waals surface area contributed by atoms with E-state index in [1.165, 1.54) is 0 Å². The van der Waals surface area contributed by atoms with Gasteiger partial charge in [0.15, 0.2) is 5.82 Å². The number of aromatic amines is 1. The van der Waals surface area contributed by atoms with Crippen LogP contribution in [0.2, 0.25) is 0 Å². The van der Waals surface area contributed by atoms with E-state index >= 15 is 0 Å². The highest BCUT2D eigenvalue weighted by Gasteiger charge is 2.22. The summed E-state index contributed by atoms with van der Waals surface area (Å²) in [7, 11) is 0. The molecule has 0 spiro atoms. The van der Waals surface area contributed by atoms with Crippen molar-refractivity contribution in [3.63, 3.8) is 0 Å². The molecule has 1 N–H and O–H groups in total. The quantitative estimate of drug-likeness (QED) is 0.192. The Labute approximate surface area is 241 Å². The predicted octanol–water partition coefficient (Wildman–Crippen LogP) is 4.83. The fourth-order valence-electron chi connectivity index (χ4n) is 4.41. The minimum atomic E-state index is -0.930. The number of aryl methyl sites for hydroxylation is 1. The molecular weight excluding hydrogens is 542 g/mol. The molecule has 0 bridgehead atoms. The minimum absolute atomic E-state index is 0.253. The van der Waals surface area contributed by atoms with Gasteiger partial charge < -0.3 is 23.5 Å². The van der Waals surface area contributed by atoms with Gasteiger partial charge in [-0.1, -0.05) is 18.2 Å². The second-order valence-corrected chi connectivity index (χ2v) is 10.4. The Morgan fingerprint density at radius 3 is 2.52 bits per heavy atom. The van der Waals surface area contributed by atoms with Crippen LogP contribution >= 0.6 is 0 Å². The van der Waals surface area contributed by atoms with Gasteiger partial charge in [-0.15, -0.1) is 5.10 Å². The number of hydrogen-bond acceptors (Lipinski definition) is 10. The van der Waals surface area contributed by atoms with Crippen LogP contribution < -0.4 is 4.74 Å². The molecule has 0 aliphatic carbocycles. The van der Waals surface area contributed by atoms with Crippen molar-refractivity contribution in [2.45, 2.75) is 46.8 Å². The standard InChI is InChI=1S/C29H31N7O6/c1-6-39-27-30-22-9-7-8-21(26(37)40-17-41-28(38)42-29(3,4)5)24(22)36(27)16-19-10-12-20(13-11-19)35-15-18(2)14-23(35)25-31-33-34-32-25/h7-15H,6,16-17H2,1-5H3,(H,31,32,33,34). The lowest BCUT2D eigenvalue weighted by atomic mass is 10.1. The average molecular weight is 574 g/mol. The number of hydrogen-bond donors (Lipinski definition) is 1. The van der Waals surface area contributed by atoms with Crippen LogP contribution in [-0.4, -0.2) is 65.9 Å². The maximum atomic E-state index is 13.1. The van der Waals surface area contributed by atoms with Crippen molar-refractivity contribution >= 4 is 23.2 Å². The Kier molecular flexibility index (Phi) is 7.91. The van der Waals surface area contributed by atoms with E-state index in [0.29, 0.717) is 36.0 Å². The van der Waals surface area contributed by atoms with Crippen LogP contribution in [0.15, 0.2) is 54.7 Å². The zero-order valence-electron chi connectivity index (χ0n) is 24.0. The number of aromatic nitrogens is 7. The number of carbonyl (C=O) groups is 2. The summed E-state index contributed by atoms with van der Waals surface area (Å²) >= 11 is 0. The van der Waals surface area contributed by atoms with E-state index in [1.54, 1.807) is 39.0 Å². The van der Waals surface area contributed by atoms with Crippen molar-refractivity contribution in [2.75, 3.05) is 13.4 Å². The Hall–Kier alpha value is -5.20. The van der Waals surface area contributed by atoms with Crippen LogP contribution in [0.4, 0.5) is 4.79 Å². The summed E-state index contributed by atoms with van der Waals surface area (Å²) < 4.78 is 24.9. The van der Waals surface area contributed by atoms with Crippen molar-refractivity contribution < 1.29 is 28.5 Å². The molecular formula is C29H31N7O6. The average Bonchev–Trinajstić information content (AvgIpc) is 3.68. The number of rotatable bonds is 9. The minimum Gasteiger partial charge on any atom is -0.465 e. The Bertz CT molecular complexity index is 1700. The molecule has 0 saturated carbocycles. The first-order chi connectivity index (χ1) is 20.1. The number of imidazole rings is 1. The number of nitrogens with one attached hydrogen (secondary N) is 1. The highest BCUT2D eigenvalue weighted by Crippen LogP contribution is 2.28. The largest absolute Gasteiger partial charge is 0.511 e. The van der Waals surface area contributed by atoms with E-state index in [1.807, 2.05) is 59.5 Å². The van der Waals surface area contributed by atoms with E-state index in [0.717, 1.165) is 22.5 Å². The molecule has 3 aromatic heterocycles. The zero-order valence-corrected chi connectivity index (χ0v) is 24.0. The Morgan fingerprint density at radius 1 is 1.05 bits per heavy atom. The number of H-pyrrole nitrogens is 1. The number of para-hydroxylation sites is 1. The van der Waals surface area contributed by atoms with E-state index < -0.39 is 24.5 Å². The molecule has 0 radical (unpaired) electrons. The number of carbonyl (C=O) groups excluding carboxylic acids is 2. The van der Waals surface area contributed by atoms with E-state index in [4.69, 9.17) is 18.9 Å². The third-order valence-electron chi connectivity index (χ3n) is 6.08. The molecule has 2 aromatic carbocycles. The molecule has 0 aliphatic heterocycles. The summed E-state index contributed by atoms with van der Waals surface area (Å²) in [5.41, 5.74) is 4.39. The maximum Gasteiger partial charge on any atom is 0.511 e. The molecule has 0 saturated heterocycles. The second-order valence-electron chi connectivity index (χ2n) is 10.4. The number of esters is 1. The molecule has 13 heteroatoms. The maximum absolute atomic E-state index is 13.1. The SMILES string of the molecule is CCOc1nc2cccc(C(=O)OCOC(=O)OC(C)(C)C)c2n1Cc1ccc(-n2cc(C)cc2-c2nnn[nH]2)cc1. The van der Waals surface area contributed by atoms with Gasteiger partial charge in [0, 0.05) is 11.9 Å². The highest BCUT2D eigenvalue weighted by molar-refractivity contribution is 6.02. The summed E-state index contributed by atoms with van der Waals surface area (Å²) in [6, 6.07) is 15.5. The lowest BCUT2D eigenvalue weighted by molar-refractivity contribution is -0.0523. The van der Waals surface area contributed by atoms with Crippen molar-refractivity contribution in [2.24, 2.45) is 0 Å².